The highest BCUT2D eigenvalue weighted by molar-refractivity contribution is 4.62. The Bertz CT molecular complexity index is 105. The summed E-state index contributed by atoms with van der Waals surface area (Å²) in [5.74, 6) is 0.522. The van der Waals surface area contributed by atoms with Gasteiger partial charge in [0.15, 0.2) is 0 Å². The van der Waals surface area contributed by atoms with Crippen molar-refractivity contribution in [2.24, 2.45) is 5.92 Å². The van der Waals surface area contributed by atoms with Crippen LogP contribution in [0.15, 0.2) is 0 Å². The molecule has 0 aliphatic heterocycles. The van der Waals surface area contributed by atoms with Crippen molar-refractivity contribution in [3.63, 3.8) is 0 Å². The van der Waals surface area contributed by atoms with E-state index in [1.54, 1.807) is 6.92 Å². The molecule has 3 heteroatoms. The SMILES string of the molecule is CC(C)CC(O)CNC[C@H](C)O. The highest BCUT2D eigenvalue weighted by Gasteiger charge is 2.06. The van der Waals surface area contributed by atoms with Crippen molar-refractivity contribution in [3.8, 4) is 0 Å². The third-order valence-electron chi connectivity index (χ3n) is 1.56. The second-order valence-electron chi connectivity index (χ2n) is 3.79. The van der Waals surface area contributed by atoms with Crippen molar-refractivity contribution in [2.75, 3.05) is 13.1 Å². The second-order valence-corrected chi connectivity index (χ2v) is 3.79. The average molecular weight is 175 g/mol. The molecule has 0 heterocycles. The van der Waals surface area contributed by atoms with Crippen molar-refractivity contribution >= 4 is 0 Å². The van der Waals surface area contributed by atoms with E-state index >= 15 is 0 Å². The van der Waals surface area contributed by atoms with E-state index in [9.17, 15) is 5.11 Å². The molecule has 12 heavy (non-hydrogen) atoms. The summed E-state index contributed by atoms with van der Waals surface area (Å²) >= 11 is 0. The van der Waals surface area contributed by atoms with Gasteiger partial charge >= 0.3 is 0 Å². The highest BCUT2D eigenvalue weighted by Crippen LogP contribution is 2.02. The number of hydrogen-bond donors (Lipinski definition) is 3. The van der Waals surface area contributed by atoms with Crippen molar-refractivity contribution < 1.29 is 10.2 Å². The van der Waals surface area contributed by atoms with E-state index in [0.717, 1.165) is 6.42 Å². The lowest BCUT2D eigenvalue weighted by molar-refractivity contribution is 0.135. The van der Waals surface area contributed by atoms with Crippen LogP contribution in [0.5, 0.6) is 0 Å². The quantitative estimate of drug-likeness (QED) is 0.546. The van der Waals surface area contributed by atoms with E-state index in [0.29, 0.717) is 19.0 Å². The molecule has 0 aromatic carbocycles. The van der Waals surface area contributed by atoms with Gasteiger partial charge in [-0.05, 0) is 19.3 Å². The Morgan fingerprint density at radius 3 is 2.08 bits per heavy atom. The van der Waals surface area contributed by atoms with Gasteiger partial charge in [0.2, 0.25) is 0 Å². The Kier molecular flexibility index (Phi) is 6.34. The Balaban J connectivity index is 3.25. The largest absolute Gasteiger partial charge is 0.392 e. The maximum Gasteiger partial charge on any atom is 0.0667 e. The Labute approximate surface area is 74.8 Å². The smallest absolute Gasteiger partial charge is 0.0667 e. The molecule has 0 aromatic heterocycles. The summed E-state index contributed by atoms with van der Waals surface area (Å²) in [7, 11) is 0. The zero-order valence-corrected chi connectivity index (χ0v) is 8.25. The standard InChI is InChI=1S/C9H21NO2/c1-7(2)4-9(12)6-10-5-8(3)11/h7-12H,4-6H2,1-3H3/t8-,9?/m0/s1. The lowest BCUT2D eigenvalue weighted by Gasteiger charge is -2.14. The molecule has 0 radical (unpaired) electrons. The molecule has 0 rings (SSSR count). The van der Waals surface area contributed by atoms with Gasteiger partial charge in [0.1, 0.15) is 0 Å². The Morgan fingerprint density at radius 2 is 1.67 bits per heavy atom. The predicted octanol–water partition coefficient (Wildman–Crippen LogP) is 0.364. The molecule has 0 fully saturated rings. The summed E-state index contributed by atoms with van der Waals surface area (Å²) in [6, 6.07) is 0. The van der Waals surface area contributed by atoms with E-state index in [2.05, 4.69) is 19.2 Å². The summed E-state index contributed by atoms with van der Waals surface area (Å²) < 4.78 is 0. The normalized spacial score (nSPS) is 16.5. The maximum absolute atomic E-state index is 9.39. The summed E-state index contributed by atoms with van der Waals surface area (Å²) in [5.41, 5.74) is 0. The molecule has 1 unspecified atom stereocenters. The summed E-state index contributed by atoms with van der Waals surface area (Å²) in [4.78, 5) is 0. The minimum absolute atomic E-state index is 0.288. The monoisotopic (exact) mass is 175 g/mol. The molecular weight excluding hydrogens is 154 g/mol. The molecular formula is C9H21NO2. The molecule has 0 saturated heterocycles. The van der Waals surface area contributed by atoms with Gasteiger partial charge in [-0.15, -0.1) is 0 Å². The fraction of sp³-hybridized carbons (Fsp3) is 1.00. The molecule has 0 saturated carbocycles. The highest BCUT2D eigenvalue weighted by atomic mass is 16.3. The first-order valence-corrected chi connectivity index (χ1v) is 4.59. The van der Waals surface area contributed by atoms with Crippen molar-refractivity contribution in [1.82, 2.24) is 5.32 Å². The first-order chi connectivity index (χ1) is 5.52. The minimum Gasteiger partial charge on any atom is -0.392 e. The molecule has 0 spiro atoms. The van der Waals surface area contributed by atoms with Crippen LogP contribution >= 0.6 is 0 Å². The number of rotatable bonds is 6. The first kappa shape index (κ1) is 11.9. The molecule has 0 aromatic rings. The van der Waals surface area contributed by atoms with E-state index in [1.807, 2.05) is 0 Å². The third kappa shape index (κ3) is 7.98. The van der Waals surface area contributed by atoms with Gasteiger partial charge in [0.05, 0.1) is 12.2 Å². The van der Waals surface area contributed by atoms with Gasteiger partial charge in [-0.2, -0.15) is 0 Å². The van der Waals surface area contributed by atoms with Gasteiger partial charge < -0.3 is 15.5 Å². The van der Waals surface area contributed by atoms with Crippen LogP contribution in [0, 0.1) is 5.92 Å². The van der Waals surface area contributed by atoms with Gasteiger partial charge in [0.25, 0.3) is 0 Å². The summed E-state index contributed by atoms with van der Waals surface area (Å²) in [5, 5.41) is 21.3. The second kappa shape index (κ2) is 6.40. The predicted molar refractivity (Wildman–Crippen MR) is 50.0 cm³/mol. The summed E-state index contributed by atoms with van der Waals surface area (Å²) in [6.45, 7) is 7.01. The molecule has 0 aliphatic rings. The van der Waals surface area contributed by atoms with E-state index < -0.39 is 0 Å². The number of nitrogens with one attached hydrogen (secondary N) is 1. The summed E-state index contributed by atoms with van der Waals surface area (Å²) in [6.07, 6.45) is 0.187. The third-order valence-corrected chi connectivity index (χ3v) is 1.56. The van der Waals surface area contributed by atoms with E-state index in [-0.39, 0.29) is 12.2 Å². The zero-order chi connectivity index (χ0) is 9.56. The fourth-order valence-corrected chi connectivity index (χ4v) is 1.09. The van der Waals surface area contributed by atoms with Crippen LogP contribution < -0.4 is 5.32 Å². The Morgan fingerprint density at radius 1 is 1.08 bits per heavy atom. The molecule has 0 aliphatic carbocycles. The number of hydrogen-bond acceptors (Lipinski definition) is 3. The zero-order valence-electron chi connectivity index (χ0n) is 8.25. The van der Waals surface area contributed by atoms with Crippen molar-refractivity contribution in [3.05, 3.63) is 0 Å². The van der Waals surface area contributed by atoms with Crippen molar-refractivity contribution in [2.45, 2.75) is 39.4 Å². The fourth-order valence-electron chi connectivity index (χ4n) is 1.09. The van der Waals surface area contributed by atoms with Crippen LogP contribution in [0.1, 0.15) is 27.2 Å². The first-order valence-electron chi connectivity index (χ1n) is 4.59. The minimum atomic E-state index is -0.337. The number of aliphatic hydroxyl groups excluding tert-OH is 2. The molecule has 2 atom stereocenters. The van der Waals surface area contributed by atoms with Gasteiger partial charge in [-0.1, -0.05) is 13.8 Å². The Hall–Kier alpha value is -0.120. The molecule has 3 N–H and O–H groups in total. The topological polar surface area (TPSA) is 52.5 Å². The van der Waals surface area contributed by atoms with Crippen LogP contribution in [0.2, 0.25) is 0 Å². The molecule has 74 valence electrons. The average Bonchev–Trinajstić information content (AvgIpc) is 1.84. The van der Waals surface area contributed by atoms with E-state index in [1.165, 1.54) is 0 Å². The van der Waals surface area contributed by atoms with Crippen LogP contribution in [0.4, 0.5) is 0 Å². The number of aliphatic hydroxyl groups is 2. The lowest BCUT2D eigenvalue weighted by atomic mass is 10.1. The van der Waals surface area contributed by atoms with Crippen LogP contribution in [-0.4, -0.2) is 35.5 Å². The van der Waals surface area contributed by atoms with Crippen molar-refractivity contribution in [1.29, 1.82) is 0 Å². The van der Waals surface area contributed by atoms with Gasteiger partial charge in [-0.25, -0.2) is 0 Å². The van der Waals surface area contributed by atoms with Crippen LogP contribution in [0.3, 0.4) is 0 Å². The molecule has 0 amide bonds. The lowest BCUT2D eigenvalue weighted by Crippen LogP contribution is -2.32. The van der Waals surface area contributed by atoms with Gasteiger partial charge in [-0.3, -0.25) is 0 Å². The van der Waals surface area contributed by atoms with Crippen LogP contribution in [-0.2, 0) is 0 Å². The molecule has 0 bridgehead atoms. The van der Waals surface area contributed by atoms with Crippen LogP contribution in [0.25, 0.3) is 0 Å². The van der Waals surface area contributed by atoms with E-state index in [4.69, 9.17) is 5.11 Å². The maximum atomic E-state index is 9.39. The van der Waals surface area contributed by atoms with Gasteiger partial charge in [0, 0.05) is 13.1 Å². The molecule has 3 nitrogen and oxygen atoms in total.